The predicted molar refractivity (Wildman–Crippen MR) is 136 cm³/mol. The fourth-order valence-electron chi connectivity index (χ4n) is 3.93. The fraction of sp³-hybridized carbons (Fsp3) is 0.333. The molecule has 0 saturated carbocycles. The number of nitrogens with one attached hydrogen (secondary N) is 2. The lowest BCUT2D eigenvalue weighted by atomic mass is 10.1. The van der Waals surface area contributed by atoms with Gasteiger partial charge in [-0.25, -0.2) is 8.42 Å². The molecule has 0 radical (unpaired) electrons. The Kier molecular flexibility index (Phi) is 7.07. The maximum atomic E-state index is 13.5. The molecule has 13 heteroatoms. The average Bonchev–Trinajstić information content (AvgIpc) is 3.47. The summed E-state index contributed by atoms with van der Waals surface area (Å²) in [5.74, 6) is 1.28. The Bertz CT molecular complexity index is 1570. The van der Waals surface area contributed by atoms with E-state index in [1.165, 1.54) is 38.1 Å². The number of rotatable bonds is 9. The molecular weight excluding hydrogens is 500 g/mol. The molecule has 4 rings (SSSR count). The van der Waals surface area contributed by atoms with Crippen molar-refractivity contribution in [2.24, 2.45) is 0 Å². The van der Waals surface area contributed by atoms with Gasteiger partial charge in [-0.15, -0.1) is 10.2 Å². The highest BCUT2D eigenvalue weighted by Crippen LogP contribution is 2.38. The van der Waals surface area contributed by atoms with Gasteiger partial charge < -0.3 is 18.9 Å². The van der Waals surface area contributed by atoms with Gasteiger partial charge in [0, 0.05) is 4.91 Å². The zero-order chi connectivity index (χ0) is 26.9. The molecule has 0 aliphatic carbocycles. The zero-order valence-corrected chi connectivity index (χ0v) is 22.2. The fourth-order valence-corrected chi connectivity index (χ4v) is 5.18. The van der Waals surface area contributed by atoms with E-state index in [9.17, 15) is 13.3 Å². The number of hydrogen-bond acceptors (Lipinski definition) is 8. The van der Waals surface area contributed by atoms with Crippen LogP contribution in [-0.2, 0) is 10.0 Å². The first kappa shape index (κ1) is 25.9. The van der Waals surface area contributed by atoms with E-state index in [-0.39, 0.29) is 17.5 Å². The Morgan fingerprint density at radius 2 is 1.76 bits per heavy atom. The highest BCUT2D eigenvalue weighted by Gasteiger charge is 2.35. The summed E-state index contributed by atoms with van der Waals surface area (Å²) in [6.07, 6.45) is 2.87. The zero-order valence-electron chi connectivity index (χ0n) is 21.3. The summed E-state index contributed by atoms with van der Waals surface area (Å²) >= 11 is 0. The number of nitrogens with zero attached hydrogens (tertiary/aromatic N) is 4. The molecule has 12 nitrogen and oxygen atoms in total. The first-order valence-electron chi connectivity index (χ1n) is 11.4. The molecule has 3 heterocycles. The van der Waals surface area contributed by atoms with E-state index in [0.717, 1.165) is 0 Å². The monoisotopic (exact) mass is 529 g/mol. The third-order valence-electron chi connectivity index (χ3n) is 6.16. The molecule has 196 valence electrons. The number of anilines is 1. The lowest BCUT2D eigenvalue weighted by Gasteiger charge is -2.20. The van der Waals surface area contributed by atoms with Gasteiger partial charge in [-0.1, -0.05) is 13.0 Å². The van der Waals surface area contributed by atoms with Crippen LogP contribution >= 0.6 is 0 Å². The Morgan fingerprint density at radius 3 is 2.32 bits per heavy atom. The maximum Gasteiger partial charge on any atom is 0.259 e. The number of hydrogen-bond donors (Lipinski definition) is 2. The maximum absolute atomic E-state index is 13.5. The molecule has 0 aliphatic heterocycles. The van der Waals surface area contributed by atoms with Crippen LogP contribution in [0.2, 0.25) is 0 Å². The van der Waals surface area contributed by atoms with Crippen molar-refractivity contribution in [1.29, 1.82) is 0 Å². The number of H-pyrrole nitrogens is 1. The summed E-state index contributed by atoms with van der Waals surface area (Å²) < 4.78 is 48.6. The van der Waals surface area contributed by atoms with Crippen molar-refractivity contribution in [3.05, 3.63) is 64.8 Å². The Hall–Kier alpha value is -4.13. The minimum Gasteiger partial charge on any atom is -0.494 e. The highest BCUT2D eigenvalue weighted by molar-refractivity contribution is 7.93. The summed E-state index contributed by atoms with van der Waals surface area (Å²) in [5, 5.41) is 7.34. The third-order valence-corrected chi connectivity index (χ3v) is 8.01. The van der Waals surface area contributed by atoms with Crippen LogP contribution in [0.15, 0.2) is 47.1 Å². The van der Waals surface area contributed by atoms with Gasteiger partial charge in [0.25, 0.3) is 5.69 Å². The van der Waals surface area contributed by atoms with Crippen LogP contribution in [0.4, 0.5) is 5.95 Å². The number of methoxy groups -OCH3 is 2. The number of ether oxygens (including phenoxy) is 2. The number of aromatic amines is 1. The van der Waals surface area contributed by atoms with Crippen LogP contribution in [0.3, 0.4) is 0 Å². The standard InChI is InChI=1S/C24H29N6O6S/c1-14-13-29(31)18(12-25-14)16(3)17(4)37(32,33)28-24-27-26-23(21-11-10-15(2)36-21)30(24)22-19(34-5)8-7-9-20(22)35-6/h7-13,16-17H,1-6H3,(H,25,31)(H,27,28)/q+1/t16-,17-/m1/s1. The van der Waals surface area contributed by atoms with Gasteiger partial charge in [-0.2, -0.15) is 0 Å². The van der Waals surface area contributed by atoms with Crippen LogP contribution in [0, 0.1) is 18.8 Å². The largest absolute Gasteiger partial charge is 0.494 e. The lowest BCUT2D eigenvalue weighted by Crippen LogP contribution is -2.35. The minimum absolute atomic E-state index is 0.101. The van der Waals surface area contributed by atoms with Crippen molar-refractivity contribution in [3.8, 4) is 28.8 Å². The van der Waals surface area contributed by atoms with Gasteiger partial charge in [-0.3, -0.25) is 9.29 Å². The SMILES string of the molecule is COc1cccc(OC)c1-n1c(NS(=O)(=O)[C@H](C)[C@@H](C)c2c[nH]c(C)c[n+]2=O)nnc1-c1ccc(C)o1. The molecule has 37 heavy (non-hydrogen) atoms. The van der Waals surface area contributed by atoms with Gasteiger partial charge in [-0.05, 0) is 45.0 Å². The van der Waals surface area contributed by atoms with Crippen molar-refractivity contribution in [1.82, 2.24) is 19.7 Å². The van der Waals surface area contributed by atoms with E-state index < -0.39 is 21.2 Å². The normalized spacial score (nSPS) is 13.2. The van der Waals surface area contributed by atoms with E-state index in [0.29, 0.717) is 38.8 Å². The van der Waals surface area contributed by atoms with Crippen molar-refractivity contribution < 1.29 is 26.7 Å². The van der Waals surface area contributed by atoms with E-state index in [1.807, 2.05) is 0 Å². The quantitative estimate of drug-likeness (QED) is 0.314. The van der Waals surface area contributed by atoms with Gasteiger partial charge in [0.1, 0.15) is 22.9 Å². The molecule has 3 aromatic heterocycles. The second-order valence-corrected chi connectivity index (χ2v) is 10.6. The second kappa shape index (κ2) is 10.1. The molecule has 0 aliphatic rings. The lowest BCUT2D eigenvalue weighted by molar-refractivity contribution is -0.507. The summed E-state index contributed by atoms with van der Waals surface area (Å²) in [6.45, 7) is 6.71. The van der Waals surface area contributed by atoms with Crippen LogP contribution in [-0.4, -0.2) is 47.6 Å². The van der Waals surface area contributed by atoms with E-state index in [2.05, 4.69) is 19.9 Å². The summed E-state index contributed by atoms with van der Waals surface area (Å²) in [5.41, 5.74) is 1.31. The number of furan rings is 1. The van der Waals surface area contributed by atoms with Crippen LogP contribution in [0.25, 0.3) is 17.3 Å². The Balaban J connectivity index is 1.82. The smallest absolute Gasteiger partial charge is 0.259 e. The van der Waals surface area contributed by atoms with E-state index in [1.54, 1.807) is 51.1 Å². The van der Waals surface area contributed by atoms with Gasteiger partial charge in [0.15, 0.2) is 5.76 Å². The molecule has 1 aromatic carbocycles. The summed E-state index contributed by atoms with van der Waals surface area (Å²) in [4.78, 5) is 15.4. The topological polar surface area (TPSA) is 147 Å². The molecule has 4 aromatic rings. The molecular formula is C24H29N6O6S+. The van der Waals surface area contributed by atoms with E-state index >= 15 is 0 Å². The molecule has 0 unspecified atom stereocenters. The molecule has 0 amide bonds. The van der Waals surface area contributed by atoms with Crippen molar-refractivity contribution >= 4 is 16.0 Å². The van der Waals surface area contributed by atoms with Gasteiger partial charge in [0.2, 0.25) is 28.0 Å². The molecule has 0 bridgehead atoms. The second-order valence-electron chi connectivity index (χ2n) is 8.60. The van der Waals surface area contributed by atoms with Gasteiger partial charge >= 0.3 is 0 Å². The number of benzene rings is 1. The van der Waals surface area contributed by atoms with Crippen molar-refractivity contribution in [2.75, 3.05) is 18.9 Å². The first-order chi connectivity index (χ1) is 17.6. The number of sulfonamides is 1. The molecule has 0 saturated heterocycles. The minimum atomic E-state index is -4.07. The molecule has 2 atom stereocenters. The van der Waals surface area contributed by atoms with Gasteiger partial charge in [0.05, 0.1) is 41.7 Å². The predicted octanol–water partition coefficient (Wildman–Crippen LogP) is 3.34. The first-order valence-corrected chi connectivity index (χ1v) is 13.0. The molecule has 2 N–H and O–H groups in total. The Morgan fingerprint density at radius 1 is 1.08 bits per heavy atom. The third kappa shape index (κ3) is 4.94. The van der Waals surface area contributed by atoms with Crippen LogP contribution in [0.1, 0.15) is 36.9 Å². The number of aromatic nitrogens is 5. The molecule has 0 fully saturated rings. The van der Waals surface area contributed by atoms with Crippen LogP contribution in [0.5, 0.6) is 11.5 Å². The number of aryl methyl sites for hydroxylation is 2. The van der Waals surface area contributed by atoms with E-state index in [4.69, 9.17) is 13.9 Å². The summed E-state index contributed by atoms with van der Waals surface area (Å²) in [7, 11) is -1.09. The molecule has 0 spiro atoms. The summed E-state index contributed by atoms with van der Waals surface area (Å²) in [6, 6.07) is 8.63. The average molecular weight is 530 g/mol. The highest BCUT2D eigenvalue weighted by atomic mass is 32.2. The Labute approximate surface area is 213 Å². The number of para-hydroxylation sites is 1. The van der Waals surface area contributed by atoms with Crippen molar-refractivity contribution in [2.45, 2.75) is 38.9 Å². The van der Waals surface area contributed by atoms with Crippen LogP contribution < -0.4 is 18.6 Å². The van der Waals surface area contributed by atoms with Crippen molar-refractivity contribution in [3.63, 3.8) is 0 Å².